The lowest BCUT2D eigenvalue weighted by molar-refractivity contribution is -0.353. The number of hydrogen-bond acceptors (Lipinski definition) is 8. The molecule has 11 atom stereocenters. The molecule has 0 spiro atoms. The van der Waals surface area contributed by atoms with E-state index in [1.807, 2.05) is 45.9 Å². The zero-order valence-electron chi connectivity index (χ0n) is 30.0. The topological polar surface area (TPSA) is 102 Å². The minimum atomic E-state index is -0.949. The average Bonchev–Trinajstić information content (AvgIpc) is 3.01. The second kappa shape index (κ2) is 18.1. The summed E-state index contributed by atoms with van der Waals surface area (Å²) in [4.78, 5) is 24.6. The molecule has 1 N–H and O–H groups in total. The summed E-state index contributed by atoms with van der Waals surface area (Å²) in [6.07, 6.45) is -0.0570. The first-order chi connectivity index (χ1) is 21.8. The molecule has 262 valence electrons. The van der Waals surface area contributed by atoms with E-state index in [2.05, 4.69) is 51.3 Å². The van der Waals surface area contributed by atoms with Crippen LogP contribution in [0.15, 0.2) is 30.3 Å². The molecule has 10 heteroatoms. The number of amides is 1. The molecule has 9 nitrogen and oxygen atoms in total. The van der Waals surface area contributed by atoms with Crippen LogP contribution in [0.5, 0.6) is 0 Å². The third kappa shape index (κ3) is 10.9. The molecule has 0 aromatic heterocycles. The van der Waals surface area contributed by atoms with Crippen LogP contribution in [0.1, 0.15) is 80.2 Å². The normalized spacial score (nSPS) is 32.9. The third-order valence-electron chi connectivity index (χ3n) is 9.64. The van der Waals surface area contributed by atoms with Crippen molar-refractivity contribution >= 4 is 20.7 Å². The van der Waals surface area contributed by atoms with Gasteiger partial charge in [-0.15, -0.1) is 0 Å². The lowest BCUT2D eigenvalue weighted by Crippen LogP contribution is -2.63. The van der Waals surface area contributed by atoms with Gasteiger partial charge in [0, 0.05) is 52.9 Å². The Hall–Kier alpha value is -1.82. The van der Waals surface area contributed by atoms with Gasteiger partial charge in [0.25, 0.3) is 0 Å². The Morgan fingerprint density at radius 1 is 1.11 bits per heavy atom. The van der Waals surface area contributed by atoms with Crippen LogP contribution in [0.4, 0.5) is 0 Å². The molecule has 3 rings (SSSR count). The zero-order chi connectivity index (χ0) is 34.0. The van der Waals surface area contributed by atoms with Crippen molar-refractivity contribution in [2.45, 2.75) is 143 Å². The molecule has 0 aliphatic carbocycles. The van der Waals surface area contributed by atoms with E-state index < -0.39 is 27.0 Å². The van der Waals surface area contributed by atoms with E-state index in [1.165, 1.54) is 6.92 Å². The van der Waals surface area contributed by atoms with Crippen molar-refractivity contribution < 1.29 is 38.0 Å². The smallest absolute Gasteiger partial charge is 0.302 e. The standard InChI is InChI=1S/C36H61NO8Si/c1-11-29(42-27(7)38)24(4)34-32(37-31(39)12-2)23(3)20-36(8,45-34)44-33-25(5)30(22-40-21-28-16-14-13-15-17-28)43-35(26(33)6)41-18-19-46(9)10/h13-17,23-26,29-30,32-35,46H,11-12,18-22H2,1-10H3,(H,37,39)/t23?,24?,25-,26?,29+,30?,32+,33-,34?,35+,36-/m0/s1. The van der Waals surface area contributed by atoms with E-state index in [0.717, 1.165) is 11.6 Å². The molecular weight excluding hydrogens is 602 g/mol. The second-order valence-corrected chi connectivity index (χ2v) is 17.5. The summed E-state index contributed by atoms with van der Waals surface area (Å²) >= 11 is 0. The Kier molecular flexibility index (Phi) is 15.2. The molecule has 2 heterocycles. The van der Waals surface area contributed by atoms with E-state index in [4.69, 9.17) is 28.4 Å². The molecule has 2 aliphatic heterocycles. The van der Waals surface area contributed by atoms with Crippen LogP contribution in [0.3, 0.4) is 0 Å². The molecule has 2 saturated heterocycles. The number of hydrogen-bond donors (Lipinski definition) is 1. The maximum atomic E-state index is 12.6. The van der Waals surface area contributed by atoms with Gasteiger partial charge in [0.2, 0.25) is 5.91 Å². The molecular formula is C36H61NO8Si. The fourth-order valence-corrected chi connectivity index (χ4v) is 7.50. The lowest BCUT2D eigenvalue weighted by atomic mass is 9.79. The zero-order valence-corrected chi connectivity index (χ0v) is 31.1. The van der Waals surface area contributed by atoms with Gasteiger partial charge in [0.15, 0.2) is 12.1 Å². The number of carbonyl (C=O) groups is 2. The number of esters is 1. The molecule has 1 amide bonds. The second-order valence-electron chi connectivity index (χ2n) is 14.2. The molecule has 2 fully saturated rings. The third-order valence-corrected chi connectivity index (χ3v) is 11.0. The Balaban J connectivity index is 1.85. The van der Waals surface area contributed by atoms with Crippen molar-refractivity contribution in [1.29, 1.82) is 0 Å². The maximum absolute atomic E-state index is 12.6. The molecule has 0 radical (unpaired) electrons. The molecule has 46 heavy (non-hydrogen) atoms. The Bertz CT molecular complexity index is 1080. The van der Waals surface area contributed by atoms with Crippen molar-refractivity contribution in [3.8, 4) is 0 Å². The maximum Gasteiger partial charge on any atom is 0.302 e. The fourth-order valence-electron chi connectivity index (χ4n) is 6.89. The van der Waals surface area contributed by atoms with Crippen molar-refractivity contribution in [2.24, 2.45) is 23.7 Å². The summed E-state index contributed by atoms with van der Waals surface area (Å²) in [7, 11) is -0.783. The Morgan fingerprint density at radius 2 is 1.80 bits per heavy atom. The number of benzene rings is 1. The van der Waals surface area contributed by atoms with Gasteiger partial charge >= 0.3 is 5.97 Å². The number of ether oxygens (including phenoxy) is 6. The van der Waals surface area contributed by atoms with Crippen molar-refractivity contribution in [1.82, 2.24) is 5.32 Å². The average molecular weight is 664 g/mol. The summed E-state index contributed by atoms with van der Waals surface area (Å²) in [5, 5.41) is 3.21. The van der Waals surface area contributed by atoms with Gasteiger partial charge in [-0.05, 0) is 30.9 Å². The first-order valence-corrected chi connectivity index (χ1v) is 20.6. The minimum Gasteiger partial charge on any atom is -0.462 e. The van der Waals surface area contributed by atoms with E-state index >= 15 is 0 Å². The van der Waals surface area contributed by atoms with Gasteiger partial charge in [-0.3, -0.25) is 9.59 Å². The van der Waals surface area contributed by atoms with Crippen LogP contribution < -0.4 is 5.32 Å². The van der Waals surface area contributed by atoms with Gasteiger partial charge in [-0.1, -0.05) is 85.0 Å². The van der Waals surface area contributed by atoms with Gasteiger partial charge < -0.3 is 33.7 Å². The van der Waals surface area contributed by atoms with Gasteiger partial charge in [-0.25, -0.2) is 0 Å². The van der Waals surface area contributed by atoms with Crippen molar-refractivity contribution in [3.63, 3.8) is 0 Å². The summed E-state index contributed by atoms with van der Waals surface area (Å²) in [6, 6.07) is 11.0. The highest BCUT2D eigenvalue weighted by Crippen LogP contribution is 2.43. The molecule has 2 aliphatic rings. The summed E-state index contributed by atoms with van der Waals surface area (Å²) in [6.45, 7) is 22.0. The monoisotopic (exact) mass is 663 g/mol. The van der Waals surface area contributed by atoms with Crippen LogP contribution in [0, 0.1) is 23.7 Å². The van der Waals surface area contributed by atoms with Crippen molar-refractivity contribution in [2.75, 3.05) is 13.2 Å². The van der Waals surface area contributed by atoms with Crippen molar-refractivity contribution in [3.05, 3.63) is 35.9 Å². The molecule has 5 unspecified atom stereocenters. The van der Waals surface area contributed by atoms with Crippen LogP contribution in [0.25, 0.3) is 0 Å². The fraction of sp³-hybridized carbons (Fsp3) is 0.778. The van der Waals surface area contributed by atoms with Crippen LogP contribution in [-0.4, -0.2) is 76.4 Å². The van der Waals surface area contributed by atoms with Crippen LogP contribution >= 0.6 is 0 Å². The molecule has 0 saturated carbocycles. The quantitative estimate of drug-likeness (QED) is 0.167. The van der Waals surface area contributed by atoms with Crippen LogP contribution in [-0.2, 0) is 44.6 Å². The SMILES string of the molecule is CCC(=O)N[C@@H]1C(C)C[C@@](C)(O[C@@H]2C(C)[C@H](OCC[SiH](C)C)OC(COCc3ccccc3)[C@@H]2C)OC1C(C)[C@@H](CC)OC(C)=O. The van der Waals surface area contributed by atoms with Gasteiger partial charge in [0.05, 0.1) is 37.6 Å². The lowest BCUT2D eigenvalue weighted by Gasteiger charge is -2.52. The van der Waals surface area contributed by atoms with Gasteiger partial charge in [0.1, 0.15) is 6.10 Å². The first-order valence-electron chi connectivity index (χ1n) is 17.5. The Morgan fingerprint density at radius 3 is 2.41 bits per heavy atom. The predicted molar refractivity (Wildman–Crippen MR) is 182 cm³/mol. The Labute approximate surface area is 279 Å². The molecule has 1 aromatic rings. The van der Waals surface area contributed by atoms with E-state index in [0.29, 0.717) is 39.1 Å². The number of nitrogens with one attached hydrogen (secondary N) is 1. The largest absolute Gasteiger partial charge is 0.462 e. The molecule has 0 bridgehead atoms. The van der Waals surface area contributed by atoms with E-state index in [9.17, 15) is 9.59 Å². The minimum absolute atomic E-state index is 0.00124. The highest BCUT2D eigenvalue weighted by molar-refractivity contribution is 6.55. The summed E-state index contributed by atoms with van der Waals surface area (Å²) in [5.41, 5.74) is 1.11. The summed E-state index contributed by atoms with van der Waals surface area (Å²) in [5.74, 6) is -1.49. The van der Waals surface area contributed by atoms with E-state index in [1.54, 1.807) is 0 Å². The van der Waals surface area contributed by atoms with E-state index in [-0.39, 0.29) is 59.9 Å². The van der Waals surface area contributed by atoms with Gasteiger partial charge in [-0.2, -0.15) is 0 Å². The summed E-state index contributed by atoms with van der Waals surface area (Å²) < 4.78 is 38.8. The predicted octanol–water partition coefficient (Wildman–Crippen LogP) is 6.10. The van der Waals surface area contributed by atoms with Crippen LogP contribution in [0.2, 0.25) is 19.1 Å². The first kappa shape index (κ1) is 38.6. The highest BCUT2D eigenvalue weighted by atomic mass is 28.3. The number of rotatable bonds is 16. The number of carbonyl (C=O) groups excluding carboxylic acids is 2. The highest BCUT2D eigenvalue weighted by Gasteiger charge is 2.52. The molecule has 1 aromatic carbocycles.